The lowest BCUT2D eigenvalue weighted by Gasteiger charge is -2.34. The van der Waals surface area contributed by atoms with Crippen LogP contribution in [0.15, 0.2) is 231 Å². The van der Waals surface area contributed by atoms with Crippen molar-refractivity contribution >= 4 is 27.8 Å². The van der Waals surface area contributed by atoms with Gasteiger partial charge in [-0.15, -0.1) is 0 Å². The summed E-state index contributed by atoms with van der Waals surface area (Å²) in [7, 11) is 0. The van der Waals surface area contributed by atoms with Gasteiger partial charge in [0.1, 0.15) is 0 Å². The van der Waals surface area contributed by atoms with E-state index in [-0.39, 0.29) is 5.41 Å². The van der Waals surface area contributed by atoms with Gasteiger partial charge >= 0.3 is 0 Å². The Hall–Kier alpha value is -7.74. The van der Waals surface area contributed by atoms with Crippen LogP contribution in [0.3, 0.4) is 0 Å². The van der Waals surface area contributed by atoms with Gasteiger partial charge in [0.25, 0.3) is 0 Å². The minimum atomic E-state index is -0.503. The lowest BCUT2D eigenvalue weighted by atomic mass is 9.67. The van der Waals surface area contributed by atoms with Crippen LogP contribution in [-0.2, 0) is 10.8 Å². The van der Waals surface area contributed by atoms with Crippen molar-refractivity contribution in [1.29, 1.82) is 0 Å². The van der Waals surface area contributed by atoms with E-state index in [4.69, 9.17) is 0 Å². The van der Waals surface area contributed by atoms with Gasteiger partial charge in [-0.25, -0.2) is 0 Å². The van der Waals surface area contributed by atoms with E-state index in [2.05, 4.69) is 249 Å². The van der Waals surface area contributed by atoms with Crippen molar-refractivity contribution < 1.29 is 0 Å². The standard InChI is InChI=1S/C68H55N/c1-67(2)59-38-16-12-31-52(59)53-44-43-50(45-62(53)67)69(63-41-18-14-32-54(63)56-36-21-26-47-25-20-35-51(65(47)56)46-23-6-3-7-24-46)64-42-19-15-33-55(64)57-37-22-40-61-66(57)58-34-13-17-39-60(58)68(61,48-27-8-4-9-28-48)49-29-10-5-11-30-49/h4-5,8-22,25-46H,3,6-7,23-24H2,1-2H3. The molecule has 69 heavy (non-hydrogen) atoms. The predicted octanol–water partition coefficient (Wildman–Crippen LogP) is 18.4. The molecule has 0 N–H and O–H groups in total. The lowest BCUT2D eigenvalue weighted by Crippen LogP contribution is -2.28. The maximum absolute atomic E-state index is 2.59. The van der Waals surface area contributed by atoms with E-state index >= 15 is 0 Å². The fourth-order valence-corrected chi connectivity index (χ4v) is 13.1. The van der Waals surface area contributed by atoms with Gasteiger partial charge in [0, 0.05) is 22.2 Å². The summed E-state index contributed by atoms with van der Waals surface area (Å²) < 4.78 is 0. The highest BCUT2D eigenvalue weighted by Crippen LogP contribution is 2.60. The number of nitrogens with zero attached hydrogens (tertiary/aromatic N) is 1. The van der Waals surface area contributed by atoms with Crippen LogP contribution in [0.2, 0.25) is 0 Å². The van der Waals surface area contributed by atoms with Crippen LogP contribution in [0.5, 0.6) is 0 Å². The average molecular weight is 886 g/mol. The number of benzene rings is 10. The van der Waals surface area contributed by atoms with Crippen molar-refractivity contribution in [3.8, 4) is 44.5 Å². The molecule has 3 aliphatic rings. The number of hydrogen-bond acceptors (Lipinski definition) is 1. The molecule has 0 atom stereocenters. The summed E-state index contributed by atoms with van der Waals surface area (Å²) in [6.07, 6.45) is 6.44. The summed E-state index contributed by atoms with van der Waals surface area (Å²) in [6, 6.07) is 87.2. The highest BCUT2D eigenvalue weighted by atomic mass is 15.1. The van der Waals surface area contributed by atoms with Crippen LogP contribution >= 0.6 is 0 Å². The minimum Gasteiger partial charge on any atom is -0.309 e. The first-order valence-corrected chi connectivity index (χ1v) is 25.1. The van der Waals surface area contributed by atoms with Crippen LogP contribution in [0.1, 0.15) is 90.8 Å². The largest absolute Gasteiger partial charge is 0.309 e. The smallest absolute Gasteiger partial charge is 0.0713 e. The Bertz CT molecular complexity index is 3530. The predicted molar refractivity (Wildman–Crippen MR) is 290 cm³/mol. The fraction of sp³-hybridized carbons (Fsp3) is 0.147. The van der Waals surface area contributed by atoms with Crippen molar-refractivity contribution in [2.45, 2.75) is 62.7 Å². The fourth-order valence-electron chi connectivity index (χ4n) is 13.1. The van der Waals surface area contributed by atoms with Gasteiger partial charge in [-0.1, -0.05) is 239 Å². The molecule has 332 valence electrons. The molecule has 1 nitrogen and oxygen atoms in total. The van der Waals surface area contributed by atoms with E-state index in [9.17, 15) is 0 Å². The summed E-state index contributed by atoms with van der Waals surface area (Å²) in [5, 5.41) is 2.71. The maximum atomic E-state index is 2.59. The van der Waals surface area contributed by atoms with Gasteiger partial charge in [-0.05, 0) is 126 Å². The summed E-state index contributed by atoms with van der Waals surface area (Å²) in [6.45, 7) is 4.79. The number of hydrogen-bond donors (Lipinski definition) is 0. The molecule has 0 amide bonds. The zero-order valence-corrected chi connectivity index (χ0v) is 39.5. The monoisotopic (exact) mass is 885 g/mol. The zero-order chi connectivity index (χ0) is 46.1. The Labute approximate surface area is 407 Å². The van der Waals surface area contributed by atoms with Crippen LogP contribution in [-0.4, -0.2) is 0 Å². The third-order valence-electron chi connectivity index (χ3n) is 16.2. The van der Waals surface area contributed by atoms with Crippen molar-refractivity contribution in [2.75, 3.05) is 4.90 Å². The summed E-state index contributed by atoms with van der Waals surface area (Å²) in [5.41, 5.74) is 22.4. The van der Waals surface area contributed by atoms with Gasteiger partial charge in [0.2, 0.25) is 0 Å². The SMILES string of the molecule is CC1(C)c2ccccc2-c2ccc(N(c3ccccc3-c3cccc4c3-c3ccccc3C4(c3ccccc3)c3ccccc3)c3ccccc3-c3cccc4cccc(C5CCCCC5)c34)cc21. The second-order valence-electron chi connectivity index (χ2n) is 20.1. The molecular formula is C68H55N. The first kappa shape index (κ1) is 41.4. The lowest BCUT2D eigenvalue weighted by molar-refractivity contribution is 0.445. The summed E-state index contributed by atoms with van der Waals surface area (Å²) in [4.78, 5) is 2.59. The van der Waals surface area contributed by atoms with E-state index in [0.717, 1.165) is 11.4 Å². The van der Waals surface area contributed by atoms with Crippen LogP contribution in [0, 0.1) is 0 Å². The molecule has 0 bridgehead atoms. The van der Waals surface area contributed by atoms with Crippen molar-refractivity contribution in [3.05, 3.63) is 269 Å². The third-order valence-corrected chi connectivity index (χ3v) is 16.2. The molecule has 10 aromatic carbocycles. The quantitative estimate of drug-likeness (QED) is 0.147. The Kier molecular flexibility index (Phi) is 9.91. The zero-order valence-electron chi connectivity index (χ0n) is 39.5. The maximum Gasteiger partial charge on any atom is 0.0713 e. The van der Waals surface area contributed by atoms with Crippen LogP contribution in [0.4, 0.5) is 17.1 Å². The highest BCUT2D eigenvalue weighted by Gasteiger charge is 2.47. The summed E-state index contributed by atoms with van der Waals surface area (Å²) >= 11 is 0. The molecule has 0 aromatic heterocycles. The molecule has 0 heterocycles. The first-order chi connectivity index (χ1) is 34.0. The Morgan fingerprint density at radius 3 is 1.58 bits per heavy atom. The molecule has 0 aliphatic heterocycles. The second kappa shape index (κ2) is 16.5. The van der Waals surface area contributed by atoms with E-state index < -0.39 is 5.41 Å². The molecule has 1 fully saturated rings. The van der Waals surface area contributed by atoms with E-state index in [1.54, 1.807) is 0 Å². The molecular weight excluding hydrogens is 831 g/mol. The average Bonchev–Trinajstić information content (AvgIpc) is 3.85. The highest BCUT2D eigenvalue weighted by molar-refractivity contribution is 6.05. The molecule has 1 heteroatoms. The van der Waals surface area contributed by atoms with Gasteiger partial charge in [0.05, 0.1) is 16.8 Å². The normalized spacial score (nSPS) is 15.3. The van der Waals surface area contributed by atoms with E-state index in [1.165, 1.54) is 132 Å². The van der Waals surface area contributed by atoms with Gasteiger partial charge in [-0.2, -0.15) is 0 Å². The molecule has 0 unspecified atom stereocenters. The minimum absolute atomic E-state index is 0.167. The molecule has 3 aliphatic carbocycles. The molecule has 0 saturated heterocycles. The van der Waals surface area contributed by atoms with Crippen molar-refractivity contribution in [3.63, 3.8) is 0 Å². The van der Waals surface area contributed by atoms with Gasteiger partial charge in [-0.3, -0.25) is 0 Å². The Morgan fingerprint density at radius 1 is 0.377 bits per heavy atom. The van der Waals surface area contributed by atoms with Crippen molar-refractivity contribution in [1.82, 2.24) is 0 Å². The molecule has 13 rings (SSSR count). The molecule has 10 aromatic rings. The molecule has 0 spiro atoms. The second-order valence-corrected chi connectivity index (χ2v) is 20.1. The molecule has 1 saturated carbocycles. The first-order valence-electron chi connectivity index (χ1n) is 25.1. The van der Waals surface area contributed by atoms with Gasteiger partial charge < -0.3 is 4.90 Å². The van der Waals surface area contributed by atoms with Gasteiger partial charge in [0.15, 0.2) is 0 Å². The topological polar surface area (TPSA) is 3.24 Å². The number of anilines is 3. The van der Waals surface area contributed by atoms with Crippen LogP contribution < -0.4 is 4.90 Å². The number of rotatable bonds is 8. The van der Waals surface area contributed by atoms with E-state index in [0.29, 0.717) is 5.92 Å². The Balaban J connectivity index is 1.08. The third kappa shape index (κ3) is 6.37. The Morgan fingerprint density at radius 2 is 0.884 bits per heavy atom. The molecule has 0 radical (unpaired) electrons. The van der Waals surface area contributed by atoms with E-state index in [1.807, 2.05) is 0 Å². The van der Waals surface area contributed by atoms with Crippen molar-refractivity contribution in [2.24, 2.45) is 0 Å². The number of para-hydroxylation sites is 2. The van der Waals surface area contributed by atoms with Crippen LogP contribution in [0.25, 0.3) is 55.3 Å². The summed E-state index contributed by atoms with van der Waals surface area (Å²) in [5.74, 6) is 0.565. The number of fused-ring (bicyclic) bond motifs is 7.